The molecule has 2 N–H and O–H groups in total. The van der Waals surface area contributed by atoms with Gasteiger partial charge in [0.15, 0.2) is 0 Å². The largest absolute Gasteiger partial charge is 0.352 e. The Kier molecular flexibility index (Phi) is 5.76. The molecule has 0 aliphatic heterocycles. The van der Waals surface area contributed by atoms with Crippen LogP contribution in [0.1, 0.15) is 12.5 Å². The molecular formula is C20H23N5O. The van der Waals surface area contributed by atoms with E-state index in [9.17, 15) is 4.79 Å². The second kappa shape index (κ2) is 8.40. The molecule has 1 amide bonds. The third-order valence-corrected chi connectivity index (χ3v) is 4.18. The monoisotopic (exact) mass is 349 g/mol. The Labute approximate surface area is 153 Å². The van der Waals surface area contributed by atoms with Crippen molar-refractivity contribution in [3.05, 3.63) is 66.6 Å². The minimum atomic E-state index is -0.0893. The second-order valence-electron chi connectivity index (χ2n) is 6.20. The molecule has 0 saturated carbocycles. The lowest BCUT2D eigenvalue weighted by Gasteiger charge is -2.11. The van der Waals surface area contributed by atoms with Gasteiger partial charge in [-0.25, -0.2) is 4.68 Å². The van der Waals surface area contributed by atoms with Crippen LogP contribution < -0.4 is 10.6 Å². The van der Waals surface area contributed by atoms with Crippen LogP contribution >= 0.6 is 0 Å². The first-order valence-electron chi connectivity index (χ1n) is 8.65. The topological polar surface area (TPSA) is 71.8 Å². The van der Waals surface area contributed by atoms with E-state index in [2.05, 4.69) is 15.6 Å². The maximum absolute atomic E-state index is 12.2. The Hall–Kier alpha value is -2.99. The van der Waals surface area contributed by atoms with Gasteiger partial charge in [-0.1, -0.05) is 25.1 Å². The molecular weight excluding hydrogens is 326 g/mol. The number of nitrogens with zero attached hydrogens (tertiary/aromatic N) is 3. The Balaban J connectivity index is 1.88. The number of pyridine rings is 1. The summed E-state index contributed by atoms with van der Waals surface area (Å²) in [5, 5.41) is 10.8. The molecule has 3 aromatic rings. The Bertz CT molecular complexity index is 845. The Morgan fingerprint density at radius 3 is 2.58 bits per heavy atom. The highest BCUT2D eigenvalue weighted by Crippen LogP contribution is 2.23. The van der Waals surface area contributed by atoms with Crippen LogP contribution in [0.5, 0.6) is 0 Å². The zero-order chi connectivity index (χ0) is 18.4. The van der Waals surface area contributed by atoms with E-state index in [0.717, 1.165) is 22.5 Å². The number of rotatable bonds is 7. The van der Waals surface area contributed by atoms with E-state index in [4.69, 9.17) is 5.10 Å². The number of carbonyl (C=O) groups is 1. The van der Waals surface area contributed by atoms with Crippen molar-refractivity contribution >= 4 is 5.91 Å². The highest BCUT2D eigenvalue weighted by molar-refractivity contribution is 5.78. The van der Waals surface area contributed by atoms with Crippen molar-refractivity contribution in [2.45, 2.75) is 13.5 Å². The minimum Gasteiger partial charge on any atom is -0.352 e. The minimum absolute atomic E-state index is 0.0208. The lowest BCUT2D eigenvalue weighted by atomic mass is 10.1. The summed E-state index contributed by atoms with van der Waals surface area (Å²) in [6.07, 6.45) is 5.45. The third kappa shape index (κ3) is 4.15. The average Bonchev–Trinajstić information content (AvgIpc) is 3.12. The number of hydrogen-bond acceptors (Lipinski definition) is 4. The second-order valence-corrected chi connectivity index (χ2v) is 6.20. The van der Waals surface area contributed by atoms with Crippen LogP contribution in [-0.2, 0) is 11.3 Å². The summed E-state index contributed by atoms with van der Waals surface area (Å²) >= 11 is 0. The van der Waals surface area contributed by atoms with Crippen molar-refractivity contribution in [1.82, 2.24) is 25.4 Å². The lowest BCUT2D eigenvalue weighted by molar-refractivity contribution is -0.124. The van der Waals surface area contributed by atoms with Crippen LogP contribution in [-0.4, -0.2) is 34.3 Å². The predicted molar refractivity (Wildman–Crippen MR) is 102 cm³/mol. The number of carbonyl (C=O) groups excluding carboxylic acids is 1. The normalized spacial score (nSPS) is 11.9. The highest BCUT2D eigenvalue weighted by Gasteiger charge is 2.15. The summed E-state index contributed by atoms with van der Waals surface area (Å²) < 4.78 is 1.84. The van der Waals surface area contributed by atoms with E-state index in [0.29, 0.717) is 13.1 Å². The standard InChI is InChI=1S/C20H23N5O/c1-15(12-21-2)20(26)23-13-17-14-25(18-6-4-3-5-7-18)24-19(17)16-8-10-22-11-9-16/h3-11,14-15,21H,12-13H2,1-2H3,(H,23,26). The molecule has 0 bridgehead atoms. The molecule has 6 nitrogen and oxygen atoms in total. The van der Waals surface area contributed by atoms with Gasteiger partial charge < -0.3 is 10.6 Å². The van der Waals surface area contributed by atoms with E-state index in [1.165, 1.54) is 0 Å². The molecule has 0 fully saturated rings. The maximum Gasteiger partial charge on any atom is 0.224 e. The molecule has 1 unspecified atom stereocenters. The summed E-state index contributed by atoms with van der Waals surface area (Å²) in [7, 11) is 1.84. The highest BCUT2D eigenvalue weighted by atomic mass is 16.1. The number of aromatic nitrogens is 3. The SMILES string of the molecule is CNCC(C)C(=O)NCc1cn(-c2ccccc2)nc1-c1ccncc1. The van der Waals surface area contributed by atoms with Gasteiger partial charge in [0.2, 0.25) is 5.91 Å². The molecule has 0 aliphatic carbocycles. The van der Waals surface area contributed by atoms with Gasteiger partial charge in [-0.2, -0.15) is 5.10 Å². The van der Waals surface area contributed by atoms with Crippen LogP contribution in [0.4, 0.5) is 0 Å². The lowest BCUT2D eigenvalue weighted by Crippen LogP contribution is -2.33. The number of para-hydroxylation sites is 1. The van der Waals surface area contributed by atoms with E-state index in [1.54, 1.807) is 12.4 Å². The predicted octanol–water partition coefficient (Wildman–Crippen LogP) is 2.41. The van der Waals surface area contributed by atoms with Gasteiger partial charge in [-0.05, 0) is 31.3 Å². The van der Waals surface area contributed by atoms with Gasteiger partial charge in [0.05, 0.1) is 11.4 Å². The first-order valence-corrected chi connectivity index (χ1v) is 8.65. The van der Waals surface area contributed by atoms with Gasteiger partial charge in [0.25, 0.3) is 0 Å². The fourth-order valence-electron chi connectivity index (χ4n) is 2.76. The van der Waals surface area contributed by atoms with E-state index < -0.39 is 0 Å². The summed E-state index contributed by atoms with van der Waals surface area (Å²) in [6.45, 7) is 2.98. The quantitative estimate of drug-likeness (QED) is 0.687. The first-order chi connectivity index (χ1) is 12.7. The molecule has 1 aromatic carbocycles. The summed E-state index contributed by atoms with van der Waals surface area (Å²) in [5.41, 5.74) is 3.76. The molecule has 2 aromatic heterocycles. The number of amides is 1. The molecule has 134 valence electrons. The van der Waals surface area contributed by atoms with Crippen LogP contribution in [0.15, 0.2) is 61.1 Å². The average molecular weight is 349 g/mol. The van der Waals surface area contributed by atoms with E-state index >= 15 is 0 Å². The fraction of sp³-hybridized carbons (Fsp3) is 0.250. The van der Waals surface area contributed by atoms with E-state index in [1.807, 2.05) is 67.3 Å². The van der Waals surface area contributed by atoms with Crippen LogP contribution in [0, 0.1) is 5.92 Å². The van der Waals surface area contributed by atoms with E-state index in [-0.39, 0.29) is 11.8 Å². The first kappa shape index (κ1) is 17.8. The van der Waals surface area contributed by atoms with Crippen molar-refractivity contribution in [2.24, 2.45) is 5.92 Å². The molecule has 2 heterocycles. The van der Waals surface area contributed by atoms with Crippen LogP contribution in [0.25, 0.3) is 16.9 Å². The molecule has 0 aliphatic rings. The summed E-state index contributed by atoms with van der Waals surface area (Å²) in [4.78, 5) is 16.3. The van der Waals surface area contributed by atoms with Crippen LogP contribution in [0.3, 0.4) is 0 Å². The Morgan fingerprint density at radius 1 is 1.15 bits per heavy atom. The number of hydrogen-bond donors (Lipinski definition) is 2. The molecule has 1 atom stereocenters. The van der Waals surface area contributed by atoms with Gasteiger partial charge in [0.1, 0.15) is 0 Å². The molecule has 0 radical (unpaired) electrons. The molecule has 26 heavy (non-hydrogen) atoms. The van der Waals surface area contributed by atoms with Crippen molar-refractivity contribution < 1.29 is 4.79 Å². The van der Waals surface area contributed by atoms with Gasteiger partial charge >= 0.3 is 0 Å². The molecule has 3 rings (SSSR count). The molecule has 0 spiro atoms. The van der Waals surface area contributed by atoms with Crippen LogP contribution in [0.2, 0.25) is 0 Å². The van der Waals surface area contributed by atoms with Crippen molar-refractivity contribution in [3.63, 3.8) is 0 Å². The molecule has 0 saturated heterocycles. The smallest absolute Gasteiger partial charge is 0.224 e. The van der Waals surface area contributed by atoms with Gasteiger partial charge in [0, 0.05) is 48.7 Å². The van der Waals surface area contributed by atoms with Gasteiger partial charge in [-0.3, -0.25) is 9.78 Å². The number of nitrogens with one attached hydrogen (secondary N) is 2. The molecule has 6 heteroatoms. The number of benzene rings is 1. The fourth-order valence-corrected chi connectivity index (χ4v) is 2.76. The van der Waals surface area contributed by atoms with Crippen molar-refractivity contribution in [1.29, 1.82) is 0 Å². The Morgan fingerprint density at radius 2 is 1.88 bits per heavy atom. The summed E-state index contributed by atoms with van der Waals surface area (Å²) in [6, 6.07) is 13.8. The van der Waals surface area contributed by atoms with Crippen molar-refractivity contribution in [3.8, 4) is 16.9 Å². The maximum atomic E-state index is 12.2. The summed E-state index contributed by atoms with van der Waals surface area (Å²) in [5.74, 6) is -0.0685. The van der Waals surface area contributed by atoms with Crippen molar-refractivity contribution in [2.75, 3.05) is 13.6 Å². The third-order valence-electron chi connectivity index (χ3n) is 4.18. The zero-order valence-electron chi connectivity index (χ0n) is 15.0. The van der Waals surface area contributed by atoms with Gasteiger partial charge in [-0.15, -0.1) is 0 Å². The zero-order valence-corrected chi connectivity index (χ0v) is 15.0.